The second-order valence-corrected chi connectivity index (χ2v) is 6.21. The molecule has 5 nitrogen and oxygen atoms in total. The number of rotatable bonds is 2. The van der Waals surface area contributed by atoms with Gasteiger partial charge in [0.25, 0.3) is 0 Å². The first-order valence-corrected chi connectivity index (χ1v) is 6.99. The highest BCUT2D eigenvalue weighted by Gasteiger charge is 2.43. The molecule has 0 aliphatic heterocycles. The van der Waals surface area contributed by atoms with E-state index in [4.69, 9.17) is 16.7 Å². The number of fused-ring (bicyclic) bond motifs is 1. The minimum Gasteiger partial charge on any atom is -0.393 e. The Morgan fingerprint density at radius 3 is 2.89 bits per heavy atom. The summed E-state index contributed by atoms with van der Waals surface area (Å²) in [6.45, 7) is -0.199. The molecule has 2 aromatic rings. The molecule has 96 valence electrons. The van der Waals surface area contributed by atoms with Crippen LogP contribution in [0.15, 0.2) is 12.5 Å². The predicted octanol–water partition coefficient (Wildman–Crippen LogP) is 1.75. The fourth-order valence-corrected chi connectivity index (χ4v) is 3.61. The van der Waals surface area contributed by atoms with Gasteiger partial charge >= 0.3 is 0 Å². The predicted molar refractivity (Wildman–Crippen MR) is 75.6 cm³/mol. The lowest BCUT2D eigenvalue weighted by molar-refractivity contribution is -0.101. The van der Waals surface area contributed by atoms with Crippen LogP contribution in [0, 0.1) is 3.57 Å². The number of aromatic nitrogens is 3. The third kappa shape index (κ3) is 1.82. The molecular weight excluding hydrogens is 368 g/mol. The number of hydrogen-bond acceptors (Lipinski definition) is 4. The quantitative estimate of drug-likeness (QED) is 0.616. The van der Waals surface area contributed by atoms with Gasteiger partial charge in [0.05, 0.1) is 17.6 Å². The average Bonchev–Trinajstić information content (AvgIpc) is 2.64. The SMILES string of the molecule is OCC1(O)CC(n2cc(I)c3c(Cl)ncnc32)C1. The summed E-state index contributed by atoms with van der Waals surface area (Å²) in [5.74, 6) is 0. The molecular formula is C11H11ClIN3O2. The summed E-state index contributed by atoms with van der Waals surface area (Å²) in [4.78, 5) is 8.23. The summed E-state index contributed by atoms with van der Waals surface area (Å²) < 4.78 is 3.00. The van der Waals surface area contributed by atoms with Crippen LogP contribution in [0.25, 0.3) is 11.0 Å². The van der Waals surface area contributed by atoms with Gasteiger partial charge in [-0.3, -0.25) is 0 Å². The average molecular weight is 380 g/mol. The molecule has 18 heavy (non-hydrogen) atoms. The fourth-order valence-electron chi connectivity index (χ4n) is 2.43. The van der Waals surface area contributed by atoms with Gasteiger partial charge in [0.2, 0.25) is 0 Å². The van der Waals surface area contributed by atoms with E-state index in [0.717, 1.165) is 14.6 Å². The van der Waals surface area contributed by atoms with Crippen LogP contribution < -0.4 is 0 Å². The molecule has 2 N–H and O–H groups in total. The lowest BCUT2D eigenvalue weighted by Crippen LogP contribution is -2.47. The highest BCUT2D eigenvalue weighted by molar-refractivity contribution is 14.1. The largest absolute Gasteiger partial charge is 0.393 e. The van der Waals surface area contributed by atoms with Crippen molar-refractivity contribution >= 4 is 45.2 Å². The zero-order chi connectivity index (χ0) is 12.9. The van der Waals surface area contributed by atoms with E-state index in [1.54, 1.807) is 0 Å². The Labute approximate surface area is 122 Å². The van der Waals surface area contributed by atoms with Gasteiger partial charge < -0.3 is 14.8 Å². The fraction of sp³-hybridized carbons (Fsp3) is 0.455. The van der Waals surface area contributed by atoms with Crippen LogP contribution in [-0.2, 0) is 0 Å². The zero-order valence-corrected chi connectivity index (χ0v) is 12.3. The molecule has 0 radical (unpaired) electrons. The van der Waals surface area contributed by atoms with Crippen LogP contribution in [0.4, 0.5) is 0 Å². The molecule has 0 saturated heterocycles. The van der Waals surface area contributed by atoms with E-state index in [2.05, 4.69) is 32.6 Å². The Kier molecular flexibility index (Phi) is 3.00. The number of aliphatic hydroxyl groups excluding tert-OH is 1. The smallest absolute Gasteiger partial charge is 0.146 e. The van der Waals surface area contributed by atoms with Crippen molar-refractivity contribution in [2.24, 2.45) is 0 Å². The van der Waals surface area contributed by atoms with Crippen LogP contribution in [0.2, 0.25) is 5.15 Å². The van der Waals surface area contributed by atoms with Crippen molar-refractivity contribution in [2.75, 3.05) is 6.61 Å². The van der Waals surface area contributed by atoms with Crippen molar-refractivity contribution in [3.05, 3.63) is 21.2 Å². The molecule has 1 aliphatic rings. The van der Waals surface area contributed by atoms with E-state index < -0.39 is 5.60 Å². The number of halogens is 2. The highest BCUT2D eigenvalue weighted by Crippen LogP contribution is 2.43. The van der Waals surface area contributed by atoms with Gasteiger partial charge in [0, 0.05) is 15.8 Å². The van der Waals surface area contributed by atoms with Gasteiger partial charge in [-0.25, -0.2) is 9.97 Å². The third-order valence-corrected chi connectivity index (χ3v) is 4.54. The molecule has 2 heterocycles. The first kappa shape index (κ1) is 12.6. The summed E-state index contributed by atoms with van der Waals surface area (Å²) in [7, 11) is 0. The van der Waals surface area contributed by atoms with Gasteiger partial charge in [-0.1, -0.05) is 11.6 Å². The molecule has 2 aromatic heterocycles. The van der Waals surface area contributed by atoms with Gasteiger partial charge in [0.1, 0.15) is 17.1 Å². The molecule has 0 bridgehead atoms. The van der Waals surface area contributed by atoms with Crippen molar-refractivity contribution in [1.29, 1.82) is 0 Å². The minimum absolute atomic E-state index is 0.152. The third-order valence-electron chi connectivity index (χ3n) is 3.44. The lowest BCUT2D eigenvalue weighted by atomic mass is 9.76. The molecule has 0 spiro atoms. The molecule has 0 aromatic carbocycles. The topological polar surface area (TPSA) is 71.2 Å². The van der Waals surface area contributed by atoms with Crippen LogP contribution in [0.3, 0.4) is 0 Å². The molecule has 7 heteroatoms. The second-order valence-electron chi connectivity index (χ2n) is 4.69. The maximum atomic E-state index is 9.86. The minimum atomic E-state index is -0.941. The van der Waals surface area contributed by atoms with E-state index in [9.17, 15) is 5.11 Å². The summed E-state index contributed by atoms with van der Waals surface area (Å²) in [5.41, 5.74) is -0.159. The molecule has 1 fully saturated rings. The van der Waals surface area contributed by atoms with Gasteiger partial charge in [-0.2, -0.15) is 0 Å². The van der Waals surface area contributed by atoms with E-state index in [1.165, 1.54) is 6.33 Å². The summed E-state index contributed by atoms with van der Waals surface area (Å²) in [6.07, 6.45) is 4.47. The van der Waals surface area contributed by atoms with Gasteiger partial charge in [-0.15, -0.1) is 0 Å². The van der Waals surface area contributed by atoms with Crippen LogP contribution in [0.5, 0.6) is 0 Å². The number of aliphatic hydroxyl groups is 2. The van der Waals surface area contributed by atoms with Crippen LogP contribution in [-0.4, -0.2) is 37.0 Å². The zero-order valence-electron chi connectivity index (χ0n) is 9.35. The van der Waals surface area contributed by atoms with Crippen molar-refractivity contribution in [1.82, 2.24) is 14.5 Å². The van der Waals surface area contributed by atoms with Crippen molar-refractivity contribution < 1.29 is 10.2 Å². The Morgan fingerprint density at radius 2 is 2.22 bits per heavy atom. The second kappa shape index (κ2) is 4.29. The van der Waals surface area contributed by atoms with Crippen molar-refractivity contribution in [3.8, 4) is 0 Å². The van der Waals surface area contributed by atoms with E-state index in [-0.39, 0.29) is 12.6 Å². The monoisotopic (exact) mass is 379 g/mol. The van der Waals surface area contributed by atoms with Gasteiger partial charge in [0.15, 0.2) is 0 Å². The Balaban J connectivity index is 2.02. The van der Waals surface area contributed by atoms with E-state index in [0.29, 0.717) is 18.0 Å². The Morgan fingerprint density at radius 1 is 1.50 bits per heavy atom. The molecule has 0 unspecified atom stereocenters. The highest BCUT2D eigenvalue weighted by atomic mass is 127. The summed E-state index contributed by atoms with van der Waals surface area (Å²) in [6, 6.07) is 0.152. The molecule has 1 aliphatic carbocycles. The molecule has 3 rings (SSSR count). The molecule has 0 amide bonds. The first-order valence-electron chi connectivity index (χ1n) is 5.54. The normalized spacial score (nSPS) is 27.4. The Hall–Kier alpha value is -0.440. The summed E-state index contributed by atoms with van der Waals surface area (Å²) in [5, 5.41) is 20.2. The summed E-state index contributed by atoms with van der Waals surface area (Å²) >= 11 is 8.27. The van der Waals surface area contributed by atoms with E-state index in [1.807, 2.05) is 10.8 Å². The maximum Gasteiger partial charge on any atom is 0.146 e. The standard InChI is InChI=1S/C11H11ClIN3O2/c12-9-8-7(13)3-16(10(8)15-5-14-9)6-1-11(18,2-6)4-17/h3,5-6,17-18H,1-2,4H2. The van der Waals surface area contributed by atoms with Crippen molar-refractivity contribution in [3.63, 3.8) is 0 Å². The maximum absolute atomic E-state index is 9.86. The van der Waals surface area contributed by atoms with Gasteiger partial charge in [-0.05, 0) is 35.4 Å². The Bertz CT molecular complexity index is 610. The molecule has 0 atom stereocenters. The first-order chi connectivity index (χ1) is 8.54. The van der Waals surface area contributed by atoms with Crippen LogP contribution >= 0.6 is 34.2 Å². The van der Waals surface area contributed by atoms with Crippen molar-refractivity contribution in [2.45, 2.75) is 24.5 Å². The lowest BCUT2D eigenvalue weighted by Gasteiger charge is -2.43. The number of nitrogens with zero attached hydrogens (tertiary/aromatic N) is 3. The van der Waals surface area contributed by atoms with Crippen LogP contribution in [0.1, 0.15) is 18.9 Å². The van der Waals surface area contributed by atoms with E-state index >= 15 is 0 Å². The molecule has 1 saturated carbocycles. The number of hydrogen-bond donors (Lipinski definition) is 2.